The summed E-state index contributed by atoms with van der Waals surface area (Å²) in [5.74, 6) is 0.628. The zero-order valence-corrected chi connectivity index (χ0v) is 10.7. The second kappa shape index (κ2) is 6.77. The normalized spacial score (nSPS) is 10.2. The highest BCUT2D eigenvalue weighted by molar-refractivity contribution is 6.30. The molecule has 0 atom stereocenters. The number of halogens is 2. The Labute approximate surface area is 106 Å². The summed E-state index contributed by atoms with van der Waals surface area (Å²) < 4.78 is 0. The van der Waals surface area contributed by atoms with Crippen LogP contribution in [0, 0.1) is 6.92 Å². The molecular formula is C12H15Cl2NO. The van der Waals surface area contributed by atoms with Gasteiger partial charge >= 0.3 is 0 Å². The minimum atomic E-state index is 0.0236. The van der Waals surface area contributed by atoms with E-state index in [0.717, 1.165) is 24.1 Å². The lowest BCUT2D eigenvalue weighted by atomic mass is 10.2. The van der Waals surface area contributed by atoms with E-state index in [9.17, 15) is 4.79 Å². The fourth-order valence-corrected chi connectivity index (χ4v) is 1.78. The summed E-state index contributed by atoms with van der Waals surface area (Å²) in [6.45, 7) is 1.92. The van der Waals surface area contributed by atoms with Crippen LogP contribution in [0.5, 0.6) is 0 Å². The van der Waals surface area contributed by atoms with Crippen molar-refractivity contribution in [1.29, 1.82) is 0 Å². The van der Waals surface area contributed by atoms with E-state index in [1.54, 1.807) is 6.07 Å². The molecule has 4 heteroatoms. The highest BCUT2D eigenvalue weighted by Gasteiger charge is 2.04. The van der Waals surface area contributed by atoms with Crippen LogP contribution in [0.4, 0.5) is 5.69 Å². The number of nitrogens with one attached hydrogen (secondary N) is 1. The Hall–Kier alpha value is -0.730. The molecule has 0 aliphatic heterocycles. The van der Waals surface area contributed by atoms with E-state index in [-0.39, 0.29) is 5.91 Å². The molecule has 1 aromatic carbocycles. The van der Waals surface area contributed by atoms with Crippen molar-refractivity contribution >= 4 is 34.8 Å². The smallest absolute Gasteiger partial charge is 0.224 e. The van der Waals surface area contributed by atoms with Crippen LogP contribution in [0.2, 0.25) is 5.02 Å². The van der Waals surface area contributed by atoms with Gasteiger partial charge in [0, 0.05) is 23.0 Å². The fraction of sp³-hybridized carbons (Fsp3) is 0.417. The van der Waals surface area contributed by atoms with Crippen LogP contribution in [0.25, 0.3) is 0 Å². The lowest BCUT2D eigenvalue weighted by Crippen LogP contribution is -2.12. The zero-order valence-electron chi connectivity index (χ0n) is 9.22. The van der Waals surface area contributed by atoms with Crippen molar-refractivity contribution in [3.63, 3.8) is 0 Å². The molecule has 16 heavy (non-hydrogen) atoms. The van der Waals surface area contributed by atoms with Crippen LogP contribution in [0.15, 0.2) is 18.2 Å². The van der Waals surface area contributed by atoms with Gasteiger partial charge in [-0.05, 0) is 43.5 Å². The number of hydrogen-bond acceptors (Lipinski definition) is 1. The largest absolute Gasteiger partial charge is 0.326 e. The molecular weight excluding hydrogens is 245 g/mol. The van der Waals surface area contributed by atoms with Gasteiger partial charge in [0.1, 0.15) is 0 Å². The van der Waals surface area contributed by atoms with E-state index >= 15 is 0 Å². The quantitative estimate of drug-likeness (QED) is 0.629. The summed E-state index contributed by atoms with van der Waals surface area (Å²) in [6, 6.07) is 5.41. The molecule has 0 aliphatic rings. The molecule has 0 aromatic heterocycles. The number of alkyl halides is 1. The lowest BCUT2D eigenvalue weighted by molar-refractivity contribution is -0.116. The summed E-state index contributed by atoms with van der Waals surface area (Å²) >= 11 is 11.4. The van der Waals surface area contributed by atoms with Gasteiger partial charge in [-0.15, -0.1) is 11.6 Å². The standard InChI is InChI=1S/C12H15Cl2NO/c1-9-8-10(14)5-6-11(9)15-12(16)4-2-3-7-13/h5-6,8H,2-4,7H2,1H3,(H,15,16). The van der Waals surface area contributed by atoms with Gasteiger partial charge < -0.3 is 5.32 Å². The minimum absolute atomic E-state index is 0.0236. The summed E-state index contributed by atoms with van der Waals surface area (Å²) in [5.41, 5.74) is 1.79. The number of rotatable bonds is 5. The van der Waals surface area contributed by atoms with Gasteiger partial charge in [0.25, 0.3) is 0 Å². The molecule has 88 valence electrons. The van der Waals surface area contributed by atoms with Gasteiger partial charge in [-0.1, -0.05) is 11.6 Å². The monoisotopic (exact) mass is 259 g/mol. The van der Waals surface area contributed by atoms with Crippen LogP contribution in [-0.4, -0.2) is 11.8 Å². The number of unbranched alkanes of at least 4 members (excludes halogenated alkanes) is 1. The molecule has 0 aliphatic carbocycles. The Morgan fingerprint density at radius 2 is 2.12 bits per heavy atom. The predicted molar refractivity (Wildman–Crippen MR) is 69.4 cm³/mol. The van der Waals surface area contributed by atoms with Gasteiger partial charge in [0.15, 0.2) is 0 Å². The van der Waals surface area contributed by atoms with Crippen LogP contribution >= 0.6 is 23.2 Å². The molecule has 0 bridgehead atoms. The molecule has 2 nitrogen and oxygen atoms in total. The highest BCUT2D eigenvalue weighted by Crippen LogP contribution is 2.19. The third-order valence-corrected chi connectivity index (χ3v) is 2.75. The Bertz CT molecular complexity index is 366. The molecule has 1 amide bonds. The first-order valence-corrected chi connectivity index (χ1v) is 6.16. The molecule has 1 aromatic rings. The van der Waals surface area contributed by atoms with Crippen molar-refractivity contribution in [3.05, 3.63) is 28.8 Å². The first kappa shape index (κ1) is 13.3. The molecule has 0 heterocycles. The predicted octanol–water partition coefficient (Wildman–Crippen LogP) is 4.00. The first-order valence-electron chi connectivity index (χ1n) is 5.25. The summed E-state index contributed by atoms with van der Waals surface area (Å²) in [5, 5.41) is 3.53. The number of anilines is 1. The average Bonchev–Trinajstić information content (AvgIpc) is 2.23. The van der Waals surface area contributed by atoms with Crippen LogP contribution in [0.3, 0.4) is 0 Å². The Balaban J connectivity index is 2.49. The molecule has 0 saturated carbocycles. The molecule has 0 unspecified atom stereocenters. The second-order valence-electron chi connectivity index (χ2n) is 3.65. The van der Waals surface area contributed by atoms with Crippen LogP contribution in [-0.2, 0) is 4.79 Å². The number of amides is 1. The average molecular weight is 260 g/mol. The maximum absolute atomic E-state index is 11.5. The van der Waals surface area contributed by atoms with E-state index in [2.05, 4.69) is 5.32 Å². The van der Waals surface area contributed by atoms with Crippen molar-refractivity contribution in [2.75, 3.05) is 11.2 Å². The van der Waals surface area contributed by atoms with E-state index in [1.165, 1.54) is 0 Å². The topological polar surface area (TPSA) is 29.1 Å². The Morgan fingerprint density at radius 1 is 1.38 bits per heavy atom. The zero-order chi connectivity index (χ0) is 12.0. The molecule has 0 fully saturated rings. The minimum Gasteiger partial charge on any atom is -0.326 e. The molecule has 0 saturated heterocycles. The number of aryl methyl sites for hydroxylation is 1. The summed E-state index contributed by atoms with van der Waals surface area (Å²) in [7, 11) is 0. The van der Waals surface area contributed by atoms with E-state index < -0.39 is 0 Å². The lowest BCUT2D eigenvalue weighted by Gasteiger charge is -2.08. The third kappa shape index (κ3) is 4.42. The second-order valence-corrected chi connectivity index (χ2v) is 4.47. The van der Waals surface area contributed by atoms with Crippen molar-refractivity contribution in [1.82, 2.24) is 0 Å². The summed E-state index contributed by atoms with van der Waals surface area (Å²) in [6.07, 6.45) is 2.20. The van der Waals surface area contributed by atoms with Crippen molar-refractivity contribution < 1.29 is 4.79 Å². The van der Waals surface area contributed by atoms with E-state index in [1.807, 2.05) is 19.1 Å². The summed E-state index contributed by atoms with van der Waals surface area (Å²) in [4.78, 5) is 11.5. The Morgan fingerprint density at radius 3 is 2.75 bits per heavy atom. The maximum atomic E-state index is 11.5. The maximum Gasteiger partial charge on any atom is 0.224 e. The number of carbonyl (C=O) groups excluding carboxylic acids is 1. The number of benzene rings is 1. The van der Waals surface area contributed by atoms with E-state index in [4.69, 9.17) is 23.2 Å². The first-order chi connectivity index (χ1) is 7.63. The van der Waals surface area contributed by atoms with Crippen LogP contribution in [0.1, 0.15) is 24.8 Å². The third-order valence-electron chi connectivity index (χ3n) is 2.25. The Kier molecular flexibility index (Phi) is 5.64. The van der Waals surface area contributed by atoms with Crippen molar-refractivity contribution in [3.8, 4) is 0 Å². The van der Waals surface area contributed by atoms with E-state index in [0.29, 0.717) is 17.3 Å². The molecule has 0 spiro atoms. The van der Waals surface area contributed by atoms with Gasteiger partial charge in [-0.25, -0.2) is 0 Å². The number of hydrogen-bond donors (Lipinski definition) is 1. The van der Waals surface area contributed by atoms with Crippen LogP contribution < -0.4 is 5.32 Å². The molecule has 0 radical (unpaired) electrons. The number of carbonyl (C=O) groups is 1. The van der Waals surface area contributed by atoms with Crippen molar-refractivity contribution in [2.24, 2.45) is 0 Å². The molecule has 1 rings (SSSR count). The van der Waals surface area contributed by atoms with Gasteiger partial charge in [-0.3, -0.25) is 4.79 Å². The van der Waals surface area contributed by atoms with Gasteiger partial charge in [0.05, 0.1) is 0 Å². The van der Waals surface area contributed by atoms with Gasteiger partial charge in [-0.2, -0.15) is 0 Å². The highest BCUT2D eigenvalue weighted by atomic mass is 35.5. The molecule has 1 N–H and O–H groups in total. The van der Waals surface area contributed by atoms with Gasteiger partial charge in [0.2, 0.25) is 5.91 Å². The fourth-order valence-electron chi connectivity index (χ4n) is 1.36. The SMILES string of the molecule is Cc1cc(Cl)ccc1NC(=O)CCCCCl. The van der Waals surface area contributed by atoms with Crippen molar-refractivity contribution in [2.45, 2.75) is 26.2 Å².